The van der Waals surface area contributed by atoms with Crippen LogP contribution >= 0.6 is 0 Å². The minimum absolute atomic E-state index is 0.0670. The number of nitro groups is 1. The Labute approximate surface area is 114 Å². The van der Waals surface area contributed by atoms with Crippen LogP contribution in [0.5, 0.6) is 5.75 Å². The van der Waals surface area contributed by atoms with Gasteiger partial charge in [-0.2, -0.15) is 0 Å². The molecule has 0 aliphatic carbocycles. The molecule has 0 bridgehead atoms. The van der Waals surface area contributed by atoms with Crippen LogP contribution in [0.1, 0.15) is 25.8 Å². The van der Waals surface area contributed by atoms with Crippen LogP contribution in [0, 0.1) is 23.0 Å². The molecule has 0 heterocycles. The third kappa shape index (κ3) is 5.26. The van der Waals surface area contributed by atoms with Gasteiger partial charge in [-0.1, -0.05) is 13.8 Å². The van der Waals surface area contributed by atoms with Crippen LogP contribution in [0.15, 0.2) is 18.2 Å². The van der Waals surface area contributed by atoms with E-state index < -0.39 is 4.92 Å². The van der Waals surface area contributed by atoms with Gasteiger partial charge in [0, 0.05) is 18.5 Å². The van der Waals surface area contributed by atoms with E-state index in [9.17, 15) is 10.1 Å². The third-order valence-electron chi connectivity index (χ3n) is 2.83. The first-order valence-corrected chi connectivity index (χ1v) is 6.63. The van der Waals surface area contributed by atoms with E-state index >= 15 is 0 Å². The lowest BCUT2D eigenvalue weighted by molar-refractivity contribution is -0.385. The van der Waals surface area contributed by atoms with Gasteiger partial charge in [-0.3, -0.25) is 10.1 Å². The molecule has 0 spiro atoms. The molecule has 19 heavy (non-hydrogen) atoms. The van der Waals surface area contributed by atoms with Crippen LogP contribution in [0.3, 0.4) is 0 Å². The topological polar surface area (TPSA) is 64.4 Å². The SMILES string of the molecule is CCCNCC(C)COc1cc([N+](=O)[O-])ccc1C. The van der Waals surface area contributed by atoms with Gasteiger partial charge in [0.25, 0.3) is 5.69 Å². The average molecular weight is 266 g/mol. The lowest BCUT2D eigenvalue weighted by atomic mass is 10.2. The van der Waals surface area contributed by atoms with Crippen molar-refractivity contribution in [1.82, 2.24) is 5.32 Å². The van der Waals surface area contributed by atoms with Crippen molar-refractivity contribution in [2.75, 3.05) is 19.7 Å². The van der Waals surface area contributed by atoms with Gasteiger partial charge in [-0.25, -0.2) is 0 Å². The van der Waals surface area contributed by atoms with Crippen LogP contribution in [-0.4, -0.2) is 24.6 Å². The summed E-state index contributed by atoms with van der Waals surface area (Å²) in [5, 5.41) is 14.0. The molecule has 5 nitrogen and oxygen atoms in total. The van der Waals surface area contributed by atoms with Crippen LogP contribution < -0.4 is 10.1 Å². The molecule has 0 aromatic heterocycles. The molecule has 1 rings (SSSR count). The molecule has 0 amide bonds. The highest BCUT2D eigenvalue weighted by Crippen LogP contribution is 2.24. The quantitative estimate of drug-likeness (QED) is 0.446. The van der Waals surface area contributed by atoms with E-state index in [4.69, 9.17) is 4.74 Å². The summed E-state index contributed by atoms with van der Waals surface area (Å²) in [5.74, 6) is 0.960. The van der Waals surface area contributed by atoms with E-state index in [1.54, 1.807) is 6.07 Å². The highest BCUT2D eigenvalue weighted by molar-refractivity contribution is 5.43. The van der Waals surface area contributed by atoms with Crippen LogP contribution in [-0.2, 0) is 0 Å². The first-order chi connectivity index (χ1) is 9.04. The van der Waals surface area contributed by atoms with Crippen LogP contribution in [0.4, 0.5) is 5.69 Å². The van der Waals surface area contributed by atoms with E-state index in [1.165, 1.54) is 12.1 Å². The highest BCUT2D eigenvalue weighted by Gasteiger charge is 2.10. The molecule has 1 atom stereocenters. The Morgan fingerprint density at radius 1 is 1.47 bits per heavy atom. The van der Waals surface area contributed by atoms with Crippen molar-refractivity contribution < 1.29 is 9.66 Å². The molecule has 1 aromatic rings. The summed E-state index contributed by atoms with van der Waals surface area (Å²) < 4.78 is 5.68. The number of benzene rings is 1. The number of hydrogen-bond acceptors (Lipinski definition) is 4. The Morgan fingerprint density at radius 2 is 2.21 bits per heavy atom. The molecular weight excluding hydrogens is 244 g/mol. The van der Waals surface area contributed by atoms with Gasteiger partial charge in [0.2, 0.25) is 0 Å². The van der Waals surface area contributed by atoms with Crippen molar-refractivity contribution >= 4 is 5.69 Å². The first-order valence-electron chi connectivity index (χ1n) is 6.63. The summed E-state index contributed by atoms with van der Waals surface area (Å²) in [6.45, 7) is 8.55. The van der Waals surface area contributed by atoms with Gasteiger partial charge in [0.1, 0.15) is 5.75 Å². The standard InChI is InChI=1S/C14H22N2O3/c1-4-7-15-9-11(2)10-19-14-8-13(16(17)18)6-5-12(14)3/h5-6,8,11,15H,4,7,9-10H2,1-3H3. The zero-order chi connectivity index (χ0) is 14.3. The first kappa shape index (κ1) is 15.4. The van der Waals surface area contributed by atoms with Crippen molar-refractivity contribution in [3.05, 3.63) is 33.9 Å². The summed E-state index contributed by atoms with van der Waals surface area (Å²) >= 11 is 0. The summed E-state index contributed by atoms with van der Waals surface area (Å²) in [5.41, 5.74) is 0.983. The summed E-state index contributed by atoms with van der Waals surface area (Å²) in [4.78, 5) is 10.3. The number of ether oxygens (including phenoxy) is 1. The number of nitrogens with zero attached hydrogens (tertiary/aromatic N) is 1. The van der Waals surface area contributed by atoms with E-state index in [2.05, 4.69) is 19.2 Å². The molecule has 1 unspecified atom stereocenters. The minimum Gasteiger partial charge on any atom is -0.493 e. The zero-order valence-corrected chi connectivity index (χ0v) is 11.8. The smallest absolute Gasteiger partial charge is 0.273 e. The van der Waals surface area contributed by atoms with Crippen molar-refractivity contribution in [2.24, 2.45) is 5.92 Å². The fourth-order valence-electron chi connectivity index (χ4n) is 1.67. The fourth-order valence-corrected chi connectivity index (χ4v) is 1.67. The van der Waals surface area contributed by atoms with Crippen molar-refractivity contribution in [3.63, 3.8) is 0 Å². The van der Waals surface area contributed by atoms with E-state index in [-0.39, 0.29) is 5.69 Å². The highest BCUT2D eigenvalue weighted by atomic mass is 16.6. The monoisotopic (exact) mass is 266 g/mol. The van der Waals surface area contributed by atoms with E-state index in [1.807, 2.05) is 6.92 Å². The minimum atomic E-state index is -0.404. The Balaban J connectivity index is 2.52. The van der Waals surface area contributed by atoms with Gasteiger partial charge in [-0.05, 0) is 31.5 Å². The zero-order valence-electron chi connectivity index (χ0n) is 11.8. The maximum Gasteiger partial charge on any atom is 0.273 e. The molecule has 5 heteroatoms. The Hall–Kier alpha value is -1.62. The Morgan fingerprint density at radius 3 is 2.84 bits per heavy atom. The predicted octanol–water partition coefficient (Wildman–Crippen LogP) is 2.92. The number of hydrogen-bond donors (Lipinski definition) is 1. The molecule has 1 aromatic carbocycles. The number of nitrogens with one attached hydrogen (secondary N) is 1. The molecular formula is C14H22N2O3. The predicted molar refractivity (Wildman–Crippen MR) is 75.7 cm³/mol. The molecule has 0 aliphatic rings. The number of aryl methyl sites for hydroxylation is 1. The van der Waals surface area contributed by atoms with Gasteiger partial charge >= 0.3 is 0 Å². The second-order valence-electron chi connectivity index (χ2n) is 4.83. The number of nitro benzene ring substituents is 1. The van der Waals surface area contributed by atoms with Crippen molar-refractivity contribution in [2.45, 2.75) is 27.2 Å². The van der Waals surface area contributed by atoms with Crippen LogP contribution in [0.2, 0.25) is 0 Å². The Bertz CT molecular complexity index is 421. The molecule has 1 N–H and O–H groups in total. The molecule has 0 saturated carbocycles. The van der Waals surface area contributed by atoms with Crippen LogP contribution in [0.25, 0.3) is 0 Å². The second kappa shape index (κ2) is 7.74. The molecule has 106 valence electrons. The maximum absolute atomic E-state index is 10.7. The Kier molecular flexibility index (Phi) is 6.29. The molecule has 0 aliphatic heterocycles. The average Bonchev–Trinajstić information content (AvgIpc) is 2.37. The molecule has 0 radical (unpaired) electrons. The molecule has 0 fully saturated rings. The lowest BCUT2D eigenvalue weighted by Crippen LogP contribution is -2.25. The van der Waals surface area contributed by atoms with Crippen molar-refractivity contribution in [3.8, 4) is 5.75 Å². The van der Waals surface area contributed by atoms with E-state index in [0.717, 1.165) is 25.1 Å². The van der Waals surface area contributed by atoms with Gasteiger partial charge < -0.3 is 10.1 Å². The van der Waals surface area contributed by atoms with Gasteiger partial charge in [0.15, 0.2) is 0 Å². The van der Waals surface area contributed by atoms with Crippen molar-refractivity contribution in [1.29, 1.82) is 0 Å². The maximum atomic E-state index is 10.7. The van der Waals surface area contributed by atoms with Gasteiger partial charge in [-0.15, -0.1) is 0 Å². The molecule has 0 saturated heterocycles. The summed E-state index contributed by atoms with van der Waals surface area (Å²) in [6, 6.07) is 4.70. The fraction of sp³-hybridized carbons (Fsp3) is 0.571. The largest absolute Gasteiger partial charge is 0.493 e. The third-order valence-corrected chi connectivity index (χ3v) is 2.83. The normalized spacial score (nSPS) is 12.2. The van der Waals surface area contributed by atoms with Gasteiger partial charge in [0.05, 0.1) is 17.6 Å². The second-order valence-corrected chi connectivity index (χ2v) is 4.83. The van der Waals surface area contributed by atoms with E-state index in [0.29, 0.717) is 18.3 Å². The number of rotatable bonds is 8. The number of non-ortho nitro benzene ring substituents is 1. The summed E-state index contributed by atoms with van der Waals surface area (Å²) in [7, 11) is 0. The lowest BCUT2D eigenvalue weighted by Gasteiger charge is -2.15. The summed E-state index contributed by atoms with van der Waals surface area (Å²) in [6.07, 6.45) is 1.11.